The van der Waals surface area contributed by atoms with Crippen LogP contribution in [0.15, 0.2) is 28.7 Å². The van der Waals surface area contributed by atoms with E-state index in [-0.39, 0.29) is 6.61 Å². The van der Waals surface area contributed by atoms with Gasteiger partial charge in [0.2, 0.25) is 0 Å². The number of hydrogen-bond acceptors (Lipinski definition) is 6. The van der Waals surface area contributed by atoms with E-state index in [1.165, 1.54) is 0 Å². The average Bonchev–Trinajstić information content (AvgIpc) is 3.15. The third-order valence-corrected chi connectivity index (χ3v) is 3.68. The van der Waals surface area contributed by atoms with Gasteiger partial charge in [-0.3, -0.25) is 0 Å². The third kappa shape index (κ3) is 3.65. The molecule has 132 valence electrons. The van der Waals surface area contributed by atoms with Gasteiger partial charge in [-0.25, -0.2) is 14.6 Å². The normalized spacial score (nSPS) is 10.9. The fourth-order valence-corrected chi connectivity index (χ4v) is 2.60. The molecular formula is C18H22N4O3. The van der Waals surface area contributed by atoms with Crippen LogP contribution in [-0.4, -0.2) is 26.9 Å². The Balaban J connectivity index is 1.85. The number of aromatic nitrogens is 4. The van der Waals surface area contributed by atoms with Crippen LogP contribution in [-0.2, 0) is 13.2 Å². The van der Waals surface area contributed by atoms with E-state index < -0.39 is 0 Å². The molecule has 2 heterocycles. The number of ether oxygens (including phenoxy) is 2. The van der Waals surface area contributed by atoms with E-state index >= 15 is 0 Å². The number of hydrogen-bond donors (Lipinski definition) is 0. The van der Waals surface area contributed by atoms with Crippen LogP contribution < -0.4 is 9.47 Å². The summed E-state index contributed by atoms with van der Waals surface area (Å²) in [6, 6.07) is 7.50. The SMILES string of the molecule is CCCn1nc(COc2ccccc2OC)nc1-c1oc(C)nc1C. The Hall–Kier alpha value is -2.83. The molecule has 0 aliphatic rings. The van der Waals surface area contributed by atoms with E-state index in [4.69, 9.17) is 13.9 Å². The van der Waals surface area contributed by atoms with Crippen LogP contribution in [0.25, 0.3) is 11.6 Å². The Morgan fingerprint density at radius 2 is 1.88 bits per heavy atom. The molecule has 3 rings (SSSR count). The van der Waals surface area contributed by atoms with Crippen LogP contribution in [0.4, 0.5) is 0 Å². The van der Waals surface area contributed by atoms with E-state index in [1.807, 2.05) is 42.8 Å². The fraction of sp³-hybridized carbons (Fsp3) is 0.389. The predicted molar refractivity (Wildman–Crippen MR) is 92.6 cm³/mol. The maximum absolute atomic E-state index is 5.82. The maximum Gasteiger partial charge on any atom is 0.196 e. The van der Waals surface area contributed by atoms with Gasteiger partial charge in [-0.05, 0) is 25.5 Å². The van der Waals surface area contributed by atoms with Gasteiger partial charge >= 0.3 is 0 Å². The van der Waals surface area contributed by atoms with Crippen molar-refractivity contribution < 1.29 is 13.9 Å². The van der Waals surface area contributed by atoms with E-state index in [2.05, 4.69) is 22.0 Å². The quantitative estimate of drug-likeness (QED) is 0.654. The standard InChI is InChI=1S/C18H22N4O3/c1-5-10-22-18(17-12(2)19-13(3)25-17)20-16(21-22)11-24-15-9-7-6-8-14(15)23-4/h6-9H,5,10-11H2,1-4H3. The molecule has 25 heavy (non-hydrogen) atoms. The minimum atomic E-state index is 0.246. The first kappa shape index (κ1) is 17.0. The number of aryl methyl sites for hydroxylation is 3. The summed E-state index contributed by atoms with van der Waals surface area (Å²) in [6.07, 6.45) is 0.940. The molecule has 0 spiro atoms. The fourth-order valence-electron chi connectivity index (χ4n) is 2.60. The molecule has 0 amide bonds. The molecule has 2 aromatic heterocycles. The van der Waals surface area contributed by atoms with Gasteiger partial charge in [0.05, 0.1) is 12.8 Å². The molecule has 0 radical (unpaired) electrons. The van der Waals surface area contributed by atoms with Crippen molar-refractivity contribution in [2.45, 2.75) is 40.3 Å². The van der Waals surface area contributed by atoms with Crippen LogP contribution in [0.5, 0.6) is 11.5 Å². The monoisotopic (exact) mass is 342 g/mol. The molecule has 0 bridgehead atoms. The van der Waals surface area contributed by atoms with Crippen molar-refractivity contribution in [1.82, 2.24) is 19.7 Å². The summed E-state index contributed by atoms with van der Waals surface area (Å²) >= 11 is 0. The molecule has 0 saturated carbocycles. The lowest BCUT2D eigenvalue weighted by atomic mass is 10.3. The van der Waals surface area contributed by atoms with E-state index in [9.17, 15) is 0 Å². The van der Waals surface area contributed by atoms with Gasteiger partial charge in [0.25, 0.3) is 0 Å². The molecule has 1 aromatic carbocycles. The zero-order valence-corrected chi connectivity index (χ0v) is 14.9. The molecule has 7 heteroatoms. The molecule has 0 aliphatic heterocycles. The van der Waals surface area contributed by atoms with E-state index in [0.717, 1.165) is 18.7 Å². The average molecular weight is 342 g/mol. The number of methoxy groups -OCH3 is 1. The van der Waals surface area contributed by atoms with Crippen molar-refractivity contribution in [1.29, 1.82) is 0 Å². The van der Waals surface area contributed by atoms with E-state index in [1.54, 1.807) is 7.11 Å². The smallest absolute Gasteiger partial charge is 0.196 e. The highest BCUT2D eigenvalue weighted by Crippen LogP contribution is 2.27. The van der Waals surface area contributed by atoms with Crippen molar-refractivity contribution in [2.24, 2.45) is 0 Å². The van der Waals surface area contributed by atoms with Crippen LogP contribution in [0.2, 0.25) is 0 Å². The van der Waals surface area contributed by atoms with Crippen LogP contribution in [0.3, 0.4) is 0 Å². The number of nitrogens with zero attached hydrogens (tertiary/aromatic N) is 4. The summed E-state index contributed by atoms with van der Waals surface area (Å²) in [5.74, 6) is 3.87. The number of oxazole rings is 1. The lowest BCUT2D eigenvalue weighted by Crippen LogP contribution is -2.03. The molecule has 7 nitrogen and oxygen atoms in total. The number of rotatable bonds is 7. The summed E-state index contributed by atoms with van der Waals surface area (Å²) in [5.41, 5.74) is 0.805. The van der Waals surface area contributed by atoms with Crippen molar-refractivity contribution in [3.05, 3.63) is 41.7 Å². The van der Waals surface area contributed by atoms with Crippen LogP contribution in [0, 0.1) is 13.8 Å². The van der Waals surface area contributed by atoms with Gasteiger partial charge in [-0.1, -0.05) is 19.1 Å². The molecule has 0 N–H and O–H groups in total. The topological polar surface area (TPSA) is 75.2 Å². The Labute approximate surface area is 146 Å². The molecule has 3 aromatic rings. The molecular weight excluding hydrogens is 320 g/mol. The lowest BCUT2D eigenvalue weighted by Gasteiger charge is -2.08. The van der Waals surface area contributed by atoms with Gasteiger partial charge in [-0.15, -0.1) is 0 Å². The zero-order valence-electron chi connectivity index (χ0n) is 14.9. The largest absolute Gasteiger partial charge is 0.493 e. The second-order valence-electron chi connectivity index (χ2n) is 5.66. The highest BCUT2D eigenvalue weighted by molar-refractivity contribution is 5.50. The van der Waals surface area contributed by atoms with Crippen molar-refractivity contribution >= 4 is 0 Å². The van der Waals surface area contributed by atoms with Crippen LogP contribution >= 0.6 is 0 Å². The first-order valence-electron chi connectivity index (χ1n) is 8.26. The third-order valence-electron chi connectivity index (χ3n) is 3.68. The molecule has 0 unspecified atom stereocenters. The molecule has 0 atom stereocenters. The Bertz CT molecular complexity index is 854. The Kier molecular flexibility index (Phi) is 5.02. The summed E-state index contributed by atoms with van der Waals surface area (Å²) < 4.78 is 18.7. The van der Waals surface area contributed by atoms with Crippen LogP contribution in [0.1, 0.15) is 30.8 Å². The number of para-hydroxylation sites is 2. The van der Waals surface area contributed by atoms with Crippen molar-refractivity contribution in [3.63, 3.8) is 0 Å². The van der Waals surface area contributed by atoms with Crippen molar-refractivity contribution in [2.75, 3.05) is 7.11 Å². The lowest BCUT2D eigenvalue weighted by molar-refractivity contribution is 0.275. The molecule has 0 aliphatic carbocycles. The highest BCUT2D eigenvalue weighted by atomic mass is 16.5. The van der Waals surface area contributed by atoms with Gasteiger partial charge in [0, 0.05) is 13.5 Å². The maximum atomic E-state index is 5.82. The highest BCUT2D eigenvalue weighted by Gasteiger charge is 2.19. The van der Waals surface area contributed by atoms with Crippen molar-refractivity contribution in [3.8, 4) is 23.1 Å². The summed E-state index contributed by atoms with van der Waals surface area (Å²) in [7, 11) is 1.61. The Morgan fingerprint density at radius 1 is 1.12 bits per heavy atom. The second-order valence-corrected chi connectivity index (χ2v) is 5.66. The number of benzene rings is 1. The minimum Gasteiger partial charge on any atom is -0.493 e. The second kappa shape index (κ2) is 7.38. The molecule has 0 saturated heterocycles. The van der Waals surface area contributed by atoms with E-state index in [0.29, 0.717) is 34.8 Å². The van der Waals surface area contributed by atoms with Gasteiger partial charge in [0.15, 0.2) is 34.8 Å². The summed E-state index contributed by atoms with van der Waals surface area (Å²) in [6.45, 7) is 6.81. The molecule has 0 fully saturated rings. The van der Waals surface area contributed by atoms with Gasteiger partial charge in [-0.2, -0.15) is 5.10 Å². The first-order chi connectivity index (χ1) is 12.1. The van der Waals surface area contributed by atoms with Gasteiger partial charge in [0.1, 0.15) is 6.61 Å². The van der Waals surface area contributed by atoms with Gasteiger partial charge < -0.3 is 13.9 Å². The minimum absolute atomic E-state index is 0.246. The summed E-state index contributed by atoms with van der Waals surface area (Å²) in [4.78, 5) is 8.91. The predicted octanol–water partition coefficient (Wildman–Crippen LogP) is 3.55. The summed E-state index contributed by atoms with van der Waals surface area (Å²) in [5, 5.41) is 4.55. The Morgan fingerprint density at radius 3 is 2.52 bits per heavy atom. The zero-order chi connectivity index (χ0) is 17.8. The first-order valence-corrected chi connectivity index (χ1v) is 8.26.